The van der Waals surface area contributed by atoms with Crippen molar-refractivity contribution >= 4 is 11.9 Å². The lowest BCUT2D eigenvalue weighted by Gasteiger charge is -2.42. The number of aromatic nitrogens is 2. The molecule has 1 aromatic heterocycles. The fourth-order valence-corrected chi connectivity index (χ4v) is 3.43. The van der Waals surface area contributed by atoms with Crippen LogP contribution >= 0.6 is 0 Å². The van der Waals surface area contributed by atoms with Crippen LogP contribution in [0.5, 0.6) is 0 Å². The summed E-state index contributed by atoms with van der Waals surface area (Å²) in [5.74, 6) is -0.834. The molecule has 0 amide bonds. The third-order valence-corrected chi connectivity index (χ3v) is 4.89. The zero-order valence-corrected chi connectivity index (χ0v) is 15.3. The summed E-state index contributed by atoms with van der Waals surface area (Å²) in [5, 5.41) is 0. The standard InChI is InChI=1S/C20H24N2O4/c1-4-25-18(23)16-10-20(3,11-16)26-19(24)17-12-21-13-22(17)14(2)15-8-6-5-7-9-15/h5-9,12-14,16H,4,10-11H2,1-3H3/t14-,16?,20?/m1/s1. The summed E-state index contributed by atoms with van der Waals surface area (Å²) < 4.78 is 12.5. The molecule has 1 aliphatic rings. The van der Waals surface area contributed by atoms with Crippen LogP contribution in [0.25, 0.3) is 0 Å². The number of hydrogen-bond acceptors (Lipinski definition) is 5. The van der Waals surface area contributed by atoms with Gasteiger partial charge in [0.05, 0.1) is 31.1 Å². The second-order valence-corrected chi connectivity index (χ2v) is 6.97. The van der Waals surface area contributed by atoms with Gasteiger partial charge in [-0.05, 0) is 26.3 Å². The number of imidazole rings is 1. The zero-order chi connectivity index (χ0) is 18.7. The van der Waals surface area contributed by atoms with Gasteiger partial charge in [-0.3, -0.25) is 4.79 Å². The molecule has 0 bridgehead atoms. The van der Waals surface area contributed by atoms with E-state index in [0.29, 0.717) is 25.1 Å². The smallest absolute Gasteiger partial charge is 0.357 e. The Morgan fingerprint density at radius 1 is 1.31 bits per heavy atom. The van der Waals surface area contributed by atoms with Crippen LogP contribution in [0, 0.1) is 5.92 Å². The molecule has 1 saturated carbocycles. The van der Waals surface area contributed by atoms with E-state index >= 15 is 0 Å². The van der Waals surface area contributed by atoms with E-state index in [1.54, 1.807) is 13.3 Å². The number of benzene rings is 1. The lowest BCUT2D eigenvalue weighted by molar-refractivity contribution is -0.163. The highest BCUT2D eigenvalue weighted by Crippen LogP contribution is 2.41. The number of hydrogen-bond donors (Lipinski definition) is 0. The van der Waals surface area contributed by atoms with Gasteiger partial charge >= 0.3 is 11.9 Å². The van der Waals surface area contributed by atoms with Crippen molar-refractivity contribution in [3.63, 3.8) is 0 Å². The minimum Gasteiger partial charge on any atom is -0.466 e. The third kappa shape index (κ3) is 3.64. The minimum absolute atomic E-state index is 0.0391. The van der Waals surface area contributed by atoms with Crippen molar-refractivity contribution < 1.29 is 19.1 Å². The van der Waals surface area contributed by atoms with Crippen LogP contribution in [0.4, 0.5) is 0 Å². The Bertz CT molecular complexity index is 778. The molecule has 6 nitrogen and oxygen atoms in total. The highest BCUT2D eigenvalue weighted by Gasteiger charge is 2.48. The quantitative estimate of drug-likeness (QED) is 0.742. The maximum Gasteiger partial charge on any atom is 0.357 e. The summed E-state index contributed by atoms with van der Waals surface area (Å²) in [7, 11) is 0. The third-order valence-electron chi connectivity index (χ3n) is 4.89. The van der Waals surface area contributed by atoms with Crippen molar-refractivity contribution in [3.05, 3.63) is 54.1 Å². The van der Waals surface area contributed by atoms with Crippen molar-refractivity contribution in [2.45, 2.75) is 45.3 Å². The van der Waals surface area contributed by atoms with E-state index < -0.39 is 11.6 Å². The molecule has 2 aromatic rings. The van der Waals surface area contributed by atoms with E-state index in [1.807, 2.05) is 48.7 Å². The molecule has 6 heteroatoms. The fraction of sp³-hybridized carbons (Fsp3) is 0.450. The molecule has 0 radical (unpaired) electrons. The van der Waals surface area contributed by atoms with Crippen molar-refractivity contribution in [3.8, 4) is 0 Å². The van der Waals surface area contributed by atoms with E-state index in [4.69, 9.17) is 9.47 Å². The van der Waals surface area contributed by atoms with Crippen molar-refractivity contribution in [1.82, 2.24) is 9.55 Å². The molecule has 26 heavy (non-hydrogen) atoms. The molecule has 1 atom stereocenters. The van der Waals surface area contributed by atoms with Gasteiger partial charge in [-0.2, -0.15) is 0 Å². The molecule has 138 valence electrons. The van der Waals surface area contributed by atoms with E-state index in [2.05, 4.69) is 4.98 Å². The first-order chi connectivity index (χ1) is 12.4. The Morgan fingerprint density at radius 3 is 2.65 bits per heavy atom. The number of carbonyl (C=O) groups is 2. The molecule has 1 aromatic carbocycles. The zero-order valence-electron chi connectivity index (χ0n) is 15.3. The van der Waals surface area contributed by atoms with Gasteiger partial charge < -0.3 is 14.0 Å². The average Bonchev–Trinajstić information content (AvgIpc) is 3.09. The van der Waals surface area contributed by atoms with Gasteiger partial charge in [-0.15, -0.1) is 0 Å². The SMILES string of the molecule is CCOC(=O)C1CC(C)(OC(=O)c2cncn2[C@H](C)c2ccccc2)C1. The maximum atomic E-state index is 12.7. The first kappa shape index (κ1) is 18.2. The van der Waals surface area contributed by atoms with Crippen LogP contribution in [0.1, 0.15) is 55.7 Å². The normalized spacial score (nSPS) is 23.0. The van der Waals surface area contributed by atoms with Crippen LogP contribution in [0.3, 0.4) is 0 Å². The number of ether oxygens (including phenoxy) is 2. The highest BCUT2D eigenvalue weighted by molar-refractivity contribution is 5.88. The van der Waals surface area contributed by atoms with Crippen LogP contribution in [-0.2, 0) is 14.3 Å². The Kier molecular flexibility index (Phi) is 5.11. The van der Waals surface area contributed by atoms with Crippen LogP contribution in [0.15, 0.2) is 42.9 Å². The van der Waals surface area contributed by atoms with E-state index in [-0.39, 0.29) is 17.9 Å². The molecule has 0 saturated heterocycles. The van der Waals surface area contributed by atoms with Crippen LogP contribution in [-0.4, -0.2) is 33.7 Å². The van der Waals surface area contributed by atoms with Gasteiger partial charge in [0.15, 0.2) is 0 Å². The van der Waals surface area contributed by atoms with Gasteiger partial charge in [-0.1, -0.05) is 30.3 Å². The van der Waals surface area contributed by atoms with E-state index in [9.17, 15) is 9.59 Å². The Hall–Kier alpha value is -2.63. The molecular weight excluding hydrogens is 332 g/mol. The Morgan fingerprint density at radius 2 is 2.00 bits per heavy atom. The first-order valence-electron chi connectivity index (χ1n) is 8.90. The summed E-state index contributed by atoms with van der Waals surface area (Å²) >= 11 is 0. The number of rotatable bonds is 6. The maximum absolute atomic E-state index is 12.7. The van der Waals surface area contributed by atoms with E-state index in [1.165, 1.54) is 6.20 Å². The molecule has 1 fully saturated rings. The summed E-state index contributed by atoms with van der Waals surface area (Å²) in [5.41, 5.74) is 0.846. The van der Waals surface area contributed by atoms with Crippen LogP contribution in [0.2, 0.25) is 0 Å². The second kappa shape index (κ2) is 7.32. The monoisotopic (exact) mass is 356 g/mol. The predicted octanol–water partition coefficient (Wildman–Crippen LogP) is 3.38. The molecule has 0 spiro atoms. The largest absolute Gasteiger partial charge is 0.466 e. The Balaban J connectivity index is 1.67. The van der Waals surface area contributed by atoms with Gasteiger partial charge in [0.1, 0.15) is 11.3 Å². The molecular formula is C20H24N2O4. The van der Waals surface area contributed by atoms with Crippen molar-refractivity contribution in [2.75, 3.05) is 6.61 Å². The summed E-state index contributed by atoms with van der Waals surface area (Å²) in [6, 6.07) is 9.87. The summed E-state index contributed by atoms with van der Waals surface area (Å²) in [4.78, 5) is 28.5. The van der Waals surface area contributed by atoms with Crippen molar-refractivity contribution in [1.29, 1.82) is 0 Å². The van der Waals surface area contributed by atoms with Gasteiger partial charge in [0.25, 0.3) is 0 Å². The molecule has 0 unspecified atom stereocenters. The van der Waals surface area contributed by atoms with Gasteiger partial charge in [0, 0.05) is 12.8 Å². The average molecular weight is 356 g/mol. The number of carbonyl (C=O) groups excluding carboxylic acids is 2. The lowest BCUT2D eigenvalue weighted by Crippen LogP contribution is -2.48. The van der Waals surface area contributed by atoms with Gasteiger partial charge in [-0.25, -0.2) is 9.78 Å². The second-order valence-electron chi connectivity index (χ2n) is 6.97. The highest BCUT2D eigenvalue weighted by atomic mass is 16.6. The molecule has 3 rings (SSSR count). The minimum atomic E-state index is -0.639. The Labute approximate surface area is 153 Å². The molecule has 1 heterocycles. The van der Waals surface area contributed by atoms with Crippen molar-refractivity contribution in [2.24, 2.45) is 5.92 Å². The molecule has 0 N–H and O–H groups in total. The fourth-order valence-electron chi connectivity index (χ4n) is 3.43. The lowest BCUT2D eigenvalue weighted by atomic mass is 9.72. The van der Waals surface area contributed by atoms with Gasteiger partial charge in [0.2, 0.25) is 0 Å². The topological polar surface area (TPSA) is 70.4 Å². The molecule has 1 aliphatic carbocycles. The molecule has 0 aliphatic heterocycles. The number of nitrogens with zero attached hydrogens (tertiary/aromatic N) is 2. The summed E-state index contributed by atoms with van der Waals surface area (Å²) in [6.45, 7) is 6.00. The first-order valence-corrected chi connectivity index (χ1v) is 8.90. The van der Waals surface area contributed by atoms with E-state index in [0.717, 1.165) is 5.56 Å². The van der Waals surface area contributed by atoms with Crippen LogP contribution < -0.4 is 0 Å². The number of esters is 2. The predicted molar refractivity (Wildman–Crippen MR) is 95.7 cm³/mol. The summed E-state index contributed by atoms with van der Waals surface area (Å²) in [6.07, 6.45) is 4.13.